The first-order chi connectivity index (χ1) is 15.0. The molecule has 7 heteroatoms. The third-order valence-electron chi connectivity index (χ3n) is 6.19. The normalized spacial score (nSPS) is 15.8. The van der Waals surface area contributed by atoms with Crippen LogP contribution in [0.1, 0.15) is 56.0 Å². The van der Waals surface area contributed by atoms with E-state index in [1.165, 1.54) is 30.0 Å². The highest BCUT2D eigenvalue weighted by atomic mass is 32.2. The molecule has 0 bridgehead atoms. The SMILES string of the molecule is CC(CC(C)(C)c1ccccc1)NC(=O)c1cc(S(=O)(=O)N(C)C)ccc1N1CCCC1. The molecule has 1 saturated heterocycles. The van der Waals surface area contributed by atoms with Gasteiger partial charge in [-0.25, -0.2) is 12.7 Å². The number of carbonyl (C=O) groups is 1. The van der Waals surface area contributed by atoms with Gasteiger partial charge in [0.15, 0.2) is 0 Å². The Kier molecular flexibility index (Phi) is 7.30. The number of rotatable bonds is 8. The molecule has 0 aromatic heterocycles. The Hall–Kier alpha value is -2.38. The topological polar surface area (TPSA) is 69.7 Å². The molecule has 174 valence electrons. The maximum Gasteiger partial charge on any atom is 0.253 e. The fourth-order valence-electron chi connectivity index (χ4n) is 4.43. The van der Waals surface area contributed by atoms with Gasteiger partial charge >= 0.3 is 0 Å². The Labute approximate surface area is 192 Å². The van der Waals surface area contributed by atoms with Crippen LogP contribution in [0.3, 0.4) is 0 Å². The highest BCUT2D eigenvalue weighted by molar-refractivity contribution is 7.89. The third kappa shape index (κ3) is 5.33. The number of carbonyl (C=O) groups excluding carboxylic acids is 1. The highest BCUT2D eigenvalue weighted by Gasteiger charge is 2.27. The lowest BCUT2D eigenvalue weighted by atomic mass is 9.79. The lowest BCUT2D eigenvalue weighted by Crippen LogP contribution is -2.38. The Morgan fingerprint density at radius 1 is 1.09 bits per heavy atom. The molecular formula is C25H35N3O3S. The summed E-state index contributed by atoms with van der Waals surface area (Å²) in [6, 6.07) is 15.1. The second-order valence-electron chi connectivity index (χ2n) is 9.49. The summed E-state index contributed by atoms with van der Waals surface area (Å²) >= 11 is 0. The van der Waals surface area contributed by atoms with Crippen molar-refractivity contribution < 1.29 is 13.2 Å². The van der Waals surface area contributed by atoms with E-state index in [4.69, 9.17) is 0 Å². The van der Waals surface area contributed by atoms with Crippen LogP contribution in [0.2, 0.25) is 0 Å². The van der Waals surface area contributed by atoms with Gasteiger partial charge < -0.3 is 10.2 Å². The summed E-state index contributed by atoms with van der Waals surface area (Å²) in [5.41, 5.74) is 2.33. The number of hydrogen-bond acceptors (Lipinski definition) is 4. The van der Waals surface area contributed by atoms with E-state index in [0.717, 1.165) is 38.0 Å². The van der Waals surface area contributed by atoms with E-state index < -0.39 is 10.0 Å². The van der Waals surface area contributed by atoms with Gasteiger partial charge in [0.2, 0.25) is 10.0 Å². The van der Waals surface area contributed by atoms with Gasteiger partial charge in [0.25, 0.3) is 5.91 Å². The van der Waals surface area contributed by atoms with Crippen molar-refractivity contribution in [3.05, 3.63) is 59.7 Å². The third-order valence-corrected chi connectivity index (χ3v) is 8.00. The van der Waals surface area contributed by atoms with Gasteiger partial charge in [0.1, 0.15) is 0 Å². The average molecular weight is 458 g/mol. The molecule has 6 nitrogen and oxygen atoms in total. The van der Waals surface area contributed by atoms with Crippen LogP contribution in [-0.2, 0) is 15.4 Å². The summed E-state index contributed by atoms with van der Waals surface area (Å²) in [6.45, 7) is 8.09. The van der Waals surface area contributed by atoms with Crippen LogP contribution < -0.4 is 10.2 Å². The Morgan fingerprint density at radius 2 is 1.72 bits per heavy atom. The molecule has 0 saturated carbocycles. The number of anilines is 1. The lowest BCUT2D eigenvalue weighted by molar-refractivity contribution is 0.0935. The molecule has 1 heterocycles. The monoisotopic (exact) mass is 457 g/mol. The van der Waals surface area contributed by atoms with Gasteiger partial charge in [-0.3, -0.25) is 4.79 Å². The average Bonchev–Trinajstić information content (AvgIpc) is 3.28. The van der Waals surface area contributed by atoms with E-state index in [-0.39, 0.29) is 22.3 Å². The molecule has 1 aliphatic heterocycles. The zero-order valence-electron chi connectivity index (χ0n) is 19.8. The van der Waals surface area contributed by atoms with Crippen LogP contribution in [0.15, 0.2) is 53.4 Å². The Balaban J connectivity index is 1.86. The summed E-state index contributed by atoms with van der Waals surface area (Å²) < 4.78 is 26.5. The van der Waals surface area contributed by atoms with Crippen LogP contribution in [-0.4, -0.2) is 51.9 Å². The first-order valence-corrected chi connectivity index (χ1v) is 12.6. The standard InChI is InChI=1S/C25H35N3O3S/c1-19(18-25(2,3)20-11-7-6-8-12-20)26-24(29)22-17-21(32(30,31)27(4)5)13-14-23(22)28-15-9-10-16-28/h6-8,11-14,17,19H,9-10,15-16,18H2,1-5H3,(H,26,29). The van der Waals surface area contributed by atoms with Crippen LogP contribution in [0, 0.1) is 0 Å². The number of benzene rings is 2. The summed E-state index contributed by atoms with van der Waals surface area (Å²) in [6.07, 6.45) is 2.90. The molecule has 1 unspecified atom stereocenters. The van der Waals surface area contributed by atoms with E-state index in [9.17, 15) is 13.2 Å². The molecule has 2 aromatic rings. The minimum absolute atomic E-state index is 0.0850. The predicted octanol–water partition coefficient (Wildman–Crippen LogP) is 4.02. The molecule has 1 amide bonds. The zero-order chi connectivity index (χ0) is 23.5. The molecule has 0 radical (unpaired) electrons. The highest BCUT2D eigenvalue weighted by Crippen LogP contribution is 2.30. The Morgan fingerprint density at radius 3 is 2.31 bits per heavy atom. The van der Waals surface area contributed by atoms with Gasteiger partial charge in [-0.15, -0.1) is 0 Å². The smallest absolute Gasteiger partial charge is 0.253 e. The quantitative estimate of drug-likeness (QED) is 0.650. The molecule has 1 aliphatic rings. The molecule has 0 spiro atoms. The molecule has 1 atom stereocenters. The second-order valence-corrected chi connectivity index (χ2v) is 11.6. The van der Waals surface area contributed by atoms with Gasteiger partial charge in [-0.2, -0.15) is 0 Å². The van der Waals surface area contributed by atoms with Gasteiger partial charge in [-0.05, 0) is 55.4 Å². The minimum Gasteiger partial charge on any atom is -0.371 e. The van der Waals surface area contributed by atoms with E-state index in [2.05, 4.69) is 36.2 Å². The van der Waals surface area contributed by atoms with Crippen molar-refractivity contribution in [1.29, 1.82) is 0 Å². The molecule has 32 heavy (non-hydrogen) atoms. The van der Waals surface area contributed by atoms with Crippen molar-refractivity contribution in [3.63, 3.8) is 0 Å². The summed E-state index contributed by atoms with van der Waals surface area (Å²) in [5, 5.41) is 3.12. The molecule has 1 N–H and O–H groups in total. The fraction of sp³-hybridized carbons (Fsp3) is 0.480. The van der Waals surface area contributed by atoms with Crippen LogP contribution in [0.5, 0.6) is 0 Å². The number of hydrogen-bond donors (Lipinski definition) is 1. The van der Waals surface area contributed by atoms with Crippen molar-refractivity contribution in [1.82, 2.24) is 9.62 Å². The van der Waals surface area contributed by atoms with Crippen LogP contribution in [0.25, 0.3) is 0 Å². The lowest BCUT2D eigenvalue weighted by Gasteiger charge is -2.29. The van der Waals surface area contributed by atoms with Crippen LogP contribution >= 0.6 is 0 Å². The summed E-state index contributed by atoms with van der Waals surface area (Å²) in [4.78, 5) is 15.7. The van der Waals surface area contributed by atoms with Gasteiger partial charge in [-0.1, -0.05) is 44.2 Å². The first kappa shape index (κ1) is 24.3. The number of nitrogens with zero attached hydrogens (tertiary/aromatic N) is 2. The van der Waals surface area contributed by atoms with Crippen molar-refractivity contribution in [2.45, 2.75) is 56.4 Å². The summed E-state index contributed by atoms with van der Waals surface area (Å²) in [7, 11) is -0.637. The number of sulfonamides is 1. The molecule has 0 aliphatic carbocycles. The minimum atomic E-state index is -3.63. The number of amides is 1. The van der Waals surface area contributed by atoms with E-state index >= 15 is 0 Å². The fourth-order valence-corrected chi connectivity index (χ4v) is 5.36. The predicted molar refractivity (Wildman–Crippen MR) is 130 cm³/mol. The number of nitrogens with one attached hydrogen (secondary N) is 1. The summed E-state index contributed by atoms with van der Waals surface area (Å²) in [5.74, 6) is -0.237. The molecule has 2 aromatic carbocycles. The van der Waals surface area contributed by atoms with E-state index in [1.54, 1.807) is 12.1 Å². The molecule has 1 fully saturated rings. The van der Waals surface area contributed by atoms with E-state index in [1.807, 2.05) is 25.1 Å². The zero-order valence-corrected chi connectivity index (χ0v) is 20.6. The maximum absolute atomic E-state index is 13.4. The van der Waals surface area contributed by atoms with Crippen molar-refractivity contribution >= 4 is 21.6 Å². The largest absolute Gasteiger partial charge is 0.371 e. The van der Waals surface area contributed by atoms with Crippen molar-refractivity contribution in [3.8, 4) is 0 Å². The van der Waals surface area contributed by atoms with Gasteiger partial charge in [0.05, 0.1) is 10.5 Å². The van der Waals surface area contributed by atoms with Gasteiger partial charge in [0, 0.05) is 38.9 Å². The molecular weight excluding hydrogens is 422 g/mol. The first-order valence-electron chi connectivity index (χ1n) is 11.2. The van der Waals surface area contributed by atoms with E-state index in [0.29, 0.717) is 5.56 Å². The van der Waals surface area contributed by atoms with Crippen molar-refractivity contribution in [2.24, 2.45) is 0 Å². The van der Waals surface area contributed by atoms with Crippen molar-refractivity contribution in [2.75, 3.05) is 32.1 Å². The maximum atomic E-state index is 13.4. The molecule has 3 rings (SSSR count). The Bertz CT molecular complexity index is 1040. The van der Waals surface area contributed by atoms with Crippen LogP contribution in [0.4, 0.5) is 5.69 Å². The second kappa shape index (κ2) is 9.63.